The average Bonchev–Trinajstić information content (AvgIpc) is 2.79. The van der Waals surface area contributed by atoms with E-state index < -0.39 is 24.0 Å². The van der Waals surface area contributed by atoms with Gasteiger partial charge in [-0.25, -0.2) is 9.59 Å². The Morgan fingerprint density at radius 1 is 1.32 bits per heavy atom. The zero-order valence-electron chi connectivity index (χ0n) is 10.4. The van der Waals surface area contributed by atoms with Gasteiger partial charge in [0.25, 0.3) is 0 Å². The molecule has 8 nitrogen and oxygen atoms in total. The van der Waals surface area contributed by atoms with E-state index in [1.54, 1.807) is 0 Å². The molecule has 0 aromatic rings. The van der Waals surface area contributed by atoms with Crippen LogP contribution in [0, 0.1) is 0 Å². The standard InChI is InChI=1S/C11H18N2O6/c14-9(15)3-1-2-8(10(16)17)13-11(18)12-7-4-5-19-6-7/h7-8H,1-6H2,(H,14,15)(H,16,17)(H2,12,13,18)/t7?,8-/m1/s1. The van der Waals surface area contributed by atoms with Gasteiger partial charge in [-0.15, -0.1) is 0 Å². The van der Waals surface area contributed by atoms with Crippen molar-refractivity contribution < 1.29 is 29.3 Å². The maximum atomic E-state index is 11.6. The van der Waals surface area contributed by atoms with Crippen molar-refractivity contribution in [1.29, 1.82) is 0 Å². The lowest BCUT2D eigenvalue weighted by molar-refractivity contribution is -0.140. The molecular weight excluding hydrogens is 256 g/mol. The van der Waals surface area contributed by atoms with Crippen LogP contribution in [0.5, 0.6) is 0 Å². The molecule has 19 heavy (non-hydrogen) atoms. The fourth-order valence-electron chi connectivity index (χ4n) is 1.75. The maximum Gasteiger partial charge on any atom is 0.326 e. The summed E-state index contributed by atoms with van der Waals surface area (Å²) in [5.74, 6) is -2.17. The van der Waals surface area contributed by atoms with Gasteiger partial charge in [0.05, 0.1) is 12.6 Å². The lowest BCUT2D eigenvalue weighted by Crippen LogP contribution is -2.49. The Balaban J connectivity index is 2.32. The van der Waals surface area contributed by atoms with Gasteiger partial charge in [0, 0.05) is 13.0 Å². The van der Waals surface area contributed by atoms with Gasteiger partial charge < -0.3 is 25.6 Å². The van der Waals surface area contributed by atoms with Crippen LogP contribution in [0.3, 0.4) is 0 Å². The monoisotopic (exact) mass is 274 g/mol. The van der Waals surface area contributed by atoms with E-state index in [1.807, 2.05) is 0 Å². The second-order valence-corrected chi connectivity index (χ2v) is 4.36. The molecule has 0 radical (unpaired) electrons. The summed E-state index contributed by atoms with van der Waals surface area (Å²) in [5, 5.41) is 22.3. The van der Waals surface area contributed by atoms with Gasteiger partial charge in [0.1, 0.15) is 6.04 Å². The number of nitrogens with one attached hydrogen (secondary N) is 2. The van der Waals surface area contributed by atoms with Crippen LogP contribution < -0.4 is 10.6 Å². The predicted molar refractivity (Wildman–Crippen MR) is 63.8 cm³/mol. The zero-order valence-corrected chi connectivity index (χ0v) is 10.4. The number of aliphatic carboxylic acids is 2. The molecule has 1 rings (SSSR count). The Kier molecular flexibility index (Phi) is 6.07. The van der Waals surface area contributed by atoms with Crippen molar-refractivity contribution in [2.45, 2.75) is 37.8 Å². The third-order valence-electron chi connectivity index (χ3n) is 2.75. The smallest absolute Gasteiger partial charge is 0.326 e. The highest BCUT2D eigenvalue weighted by Gasteiger charge is 2.23. The zero-order chi connectivity index (χ0) is 14.3. The van der Waals surface area contributed by atoms with Crippen molar-refractivity contribution in [3.63, 3.8) is 0 Å². The van der Waals surface area contributed by atoms with E-state index in [0.29, 0.717) is 19.6 Å². The van der Waals surface area contributed by atoms with Crippen LogP contribution in [0.15, 0.2) is 0 Å². The van der Waals surface area contributed by atoms with Crippen molar-refractivity contribution in [1.82, 2.24) is 10.6 Å². The number of ether oxygens (including phenoxy) is 1. The van der Waals surface area contributed by atoms with Gasteiger partial charge in [0.2, 0.25) is 0 Å². The average molecular weight is 274 g/mol. The first kappa shape index (κ1) is 15.2. The highest BCUT2D eigenvalue weighted by molar-refractivity contribution is 5.82. The molecule has 1 unspecified atom stereocenters. The molecule has 1 aliphatic heterocycles. The first-order valence-electron chi connectivity index (χ1n) is 6.08. The molecule has 8 heteroatoms. The van der Waals surface area contributed by atoms with Crippen LogP contribution >= 0.6 is 0 Å². The predicted octanol–water partition coefficient (Wildman–Crippen LogP) is -0.217. The van der Waals surface area contributed by atoms with E-state index in [4.69, 9.17) is 14.9 Å². The van der Waals surface area contributed by atoms with Crippen molar-refractivity contribution in [3.8, 4) is 0 Å². The van der Waals surface area contributed by atoms with Gasteiger partial charge in [0.15, 0.2) is 0 Å². The Bertz CT molecular complexity index is 340. The summed E-state index contributed by atoms with van der Waals surface area (Å²) < 4.78 is 5.08. The number of carboxylic acid groups (broad SMARTS) is 2. The van der Waals surface area contributed by atoms with Crippen molar-refractivity contribution in [2.24, 2.45) is 0 Å². The highest BCUT2D eigenvalue weighted by atomic mass is 16.5. The largest absolute Gasteiger partial charge is 0.481 e. The van der Waals surface area contributed by atoms with Crippen molar-refractivity contribution >= 4 is 18.0 Å². The van der Waals surface area contributed by atoms with Crippen LogP contribution in [0.2, 0.25) is 0 Å². The Labute approximate surface area is 110 Å². The Hall–Kier alpha value is -1.83. The molecule has 1 heterocycles. The molecule has 0 saturated carbocycles. The molecule has 0 spiro atoms. The van der Waals surface area contributed by atoms with Gasteiger partial charge in [-0.3, -0.25) is 4.79 Å². The number of carbonyl (C=O) groups is 3. The molecule has 2 atom stereocenters. The molecule has 0 bridgehead atoms. The summed E-state index contributed by atoms with van der Waals surface area (Å²) in [7, 11) is 0. The summed E-state index contributed by atoms with van der Waals surface area (Å²) in [5.41, 5.74) is 0. The van der Waals surface area contributed by atoms with Crippen molar-refractivity contribution in [3.05, 3.63) is 0 Å². The summed E-state index contributed by atoms with van der Waals surface area (Å²) in [6.45, 7) is 0.996. The fourth-order valence-corrected chi connectivity index (χ4v) is 1.75. The third kappa shape index (κ3) is 6.05. The van der Waals surface area contributed by atoms with Crippen LogP contribution in [-0.2, 0) is 14.3 Å². The summed E-state index contributed by atoms with van der Waals surface area (Å²) in [4.78, 5) is 32.8. The van der Waals surface area contributed by atoms with Crippen LogP contribution in [0.25, 0.3) is 0 Å². The van der Waals surface area contributed by atoms with E-state index in [2.05, 4.69) is 10.6 Å². The minimum absolute atomic E-state index is 0.0796. The minimum atomic E-state index is -1.18. The number of amides is 2. The van der Waals surface area contributed by atoms with Crippen LogP contribution in [0.1, 0.15) is 25.7 Å². The second-order valence-electron chi connectivity index (χ2n) is 4.36. The van der Waals surface area contributed by atoms with Crippen molar-refractivity contribution in [2.75, 3.05) is 13.2 Å². The normalized spacial score (nSPS) is 19.7. The lowest BCUT2D eigenvalue weighted by Gasteiger charge is -2.16. The van der Waals surface area contributed by atoms with Crippen LogP contribution in [-0.4, -0.2) is 53.5 Å². The van der Waals surface area contributed by atoms with Crippen LogP contribution in [0.4, 0.5) is 4.79 Å². The number of urea groups is 1. The van der Waals surface area contributed by atoms with E-state index in [1.165, 1.54) is 0 Å². The molecular formula is C11H18N2O6. The van der Waals surface area contributed by atoms with Gasteiger partial charge in [-0.2, -0.15) is 0 Å². The summed E-state index contributed by atoms with van der Waals surface area (Å²) >= 11 is 0. The minimum Gasteiger partial charge on any atom is -0.481 e. The molecule has 0 aliphatic carbocycles. The summed E-state index contributed by atoms with van der Waals surface area (Å²) in [6, 6.07) is -1.76. The Morgan fingerprint density at radius 3 is 2.58 bits per heavy atom. The molecule has 1 saturated heterocycles. The van der Waals surface area contributed by atoms with Gasteiger partial charge in [-0.05, 0) is 19.3 Å². The van der Waals surface area contributed by atoms with E-state index in [0.717, 1.165) is 0 Å². The summed E-state index contributed by atoms with van der Waals surface area (Å²) in [6.07, 6.45) is 0.850. The molecule has 4 N–H and O–H groups in total. The molecule has 2 amide bonds. The highest BCUT2D eigenvalue weighted by Crippen LogP contribution is 2.04. The molecule has 0 aromatic heterocycles. The van der Waals surface area contributed by atoms with E-state index >= 15 is 0 Å². The van der Waals surface area contributed by atoms with Gasteiger partial charge in [-0.1, -0.05) is 0 Å². The first-order valence-corrected chi connectivity index (χ1v) is 6.08. The van der Waals surface area contributed by atoms with Gasteiger partial charge >= 0.3 is 18.0 Å². The quantitative estimate of drug-likeness (QED) is 0.508. The fraction of sp³-hybridized carbons (Fsp3) is 0.727. The topological polar surface area (TPSA) is 125 Å². The van der Waals surface area contributed by atoms with E-state index in [9.17, 15) is 14.4 Å². The molecule has 1 aliphatic rings. The van der Waals surface area contributed by atoms with E-state index in [-0.39, 0.29) is 25.3 Å². The maximum absolute atomic E-state index is 11.6. The SMILES string of the molecule is O=C(O)CCC[C@@H](NC(=O)NC1CCOC1)C(=O)O. The first-order chi connectivity index (χ1) is 8.99. The lowest BCUT2D eigenvalue weighted by atomic mass is 10.1. The Morgan fingerprint density at radius 2 is 2.05 bits per heavy atom. The second kappa shape index (κ2) is 7.57. The number of rotatable bonds is 7. The number of hydrogen-bond donors (Lipinski definition) is 4. The number of hydrogen-bond acceptors (Lipinski definition) is 4. The molecule has 1 fully saturated rings. The molecule has 0 aromatic carbocycles. The third-order valence-corrected chi connectivity index (χ3v) is 2.75. The molecule has 108 valence electrons. The number of carboxylic acids is 2. The number of carbonyl (C=O) groups excluding carboxylic acids is 1.